The molecule has 23 heavy (non-hydrogen) atoms. The van der Waals surface area contributed by atoms with Crippen LogP contribution in [0, 0.1) is 11.3 Å². The summed E-state index contributed by atoms with van der Waals surface area (Å²) in [5, 5.41) is 0. The first-order valence-electron chi connectivity index (χ1n) is 8.98. The zero-order chi connectivity index (χ0) is 16.8. The summed E-state index contributed by atoms with van der Waals surface area (Å²) in [6.45, 7) is 10.8. The third kappa shape index (κ3) is 3.25. The lowest BCUT2D eigenvalue weighted by Gasteiger charge is -2.37. The molecule has 3 fully saturated rings. The fourth-order valence-corrected chi connectivity index (χ4v) is 4.40. The summed E-state index contributed by atoms with van der Waals surface area (Å²) in [6.07, 6.45) is 3.93. The lowest BCUT2D eigenvalue weighted by molar-refractivity contribution is -0.135. The molecule has 130 valence electrons. The molecule has 0 radical (unpaired) electrons. The maximum atomic E-state index is 12.9. The Morgan fingerprint density at radius 3 is 2.30 bits per heavy atom. The summed E-state index contributed by atoms with van der Waals surface area (Å²) in [4.78, 5) is 31.4. The smallest absolute Gasteiger partial charge is 0.228 e. The van der Waals surface area contributed by atoms with Crippen molar-refractivity contribution in [2.45, 2.75) is 52.0 Å². The van der Waals surface area contributed by atoms with Crippen LogP contribution >= 0.6 is 0 Å². The van der Waals surface area contributed by atoms with E-state index in [0.29, 0.717) is 18.4 Å². The van der Waals surface area contributed by atoms with Crippen molar-refractivity contribution in [2.24, 2.45) is 11.3 Å². The molecule has 0 bridgehead atoms. The van der Waals surface area contributed by atoms with E-state index in [1.807, 2.05) is 25.7 Å². The van der Waals surface area contributed by atoms with Crippen LogP contribution in [0.2, 0.25) is 0 Å². The molecule has 0 aromatic heterocycles. The van der Waals surface area contributed by atoms with E-state index in [2.05, 4.69) is 16.8 Å². The molecule has 5 nitrogen and oxygen atoms in total. The van der Waals surface area contributed by atoms with Crippen LogP contribution in [0.5, 0.6) is 0 Å². The average molecular weight is 321 g/mol. The molecule has 3 saturated heterocycles. The standard InChI is InChI=1S/C18H31N3O2/c1-17(2,3)21-12-14(11-15(21)22)16(23)20-10-7-18(13-20)5-8-19(4)9-6-18/h14H,5-13H2,1-4H3. The van der Waals surface area contributed by atoms with Gasteiger partial charge in [0.15, 0.2) is 0 Å². The molecule has 0 aromatic carbocycles. The second-order valence-electron chi connectivity index (χ2n) is 8.89. The van der Waals surface area contributed by atoms with Gasteiger partial charge in [-0.3, -0.25) is 9.59 Å². The Hall–Kier alpha value is -1.10. The average Bonchev–Trinajstić information content (AvgIpc) is 3.06. The van der Waals surface area contributed by atoms with Crippen molar-refractivity contribution in [3.8, 4) is 0 Å². The third-order valence-corrected chi connectivity index (χ3v) is 6.08. The first-order valence-corrected chi connectivity index (χ1v) is 8.98. The molecule has 2 amide bonds. The number of piperidine rings is 1. The second kappa shape index (κ2) is 5.76. The predicted molar refractivity (Wildman–Crippen MR) is 89.9 cm³/mol. The summed E-state index contributed by atoms with van der Waals surface area (Å²) in [5.74, 6) is 0.202. The molecule has 0 aromatic rings. The van der Waals surface area contributed by atoms with Gasteiger partial charge in [-0.15, -0.1) is 0 Å². The SMILES string of the molecule is CN1CCC2(CC1)CCN(C(=O)C1CC(=O)N(C(C)(C)C)C1)C2. The van der Waals surface area contributed by atoms with Crippen LogP contribution in [0.1, 0.15) is 46.5 Å². The first kappa shape index (κ1) is 16.7. The number of hydrogen-bond donors (Lipinski definition) is 0. The highest BCUT2D eigenvalue weighted by Crippen LogP contribution is 2.41. The molecule has 3 heterocycles. The molecular formula is C18H31N3O2. The van der Waals surface area contributed by atoms with Crippen LogP contribution in [-0.2, 0) is 9.59 Å². The van der Waals surface area contributed by atoms with Crippen molar-refractivity contribution >= 4 is 11.8 Å². The Morgan fingerprint density at radius 2 is 1.74 bits per heavy atom. The van der Waals surface area contributed by atoms with Gasteiger partial charge in [0.1, 0.15) is 0 Å². The Morgan fingerprint density at radius 1 is 1.13 bits per heavy atom. The molecule has 1 unspecified atom stereocenters. The fourth-order valence-electron chi connectivity index (χ4n) is 4.40. The summed E-state index contributed by atoms with van der Waals surface area (Å²) < 4.78 is 0. The van der Waals surface area contributed by atoms with Crippen molar-refractivity contribution in [3.63, 3.8) is 0 Å². The largest absolute Gasteiger partial charge is 0.342 e. The molecular weight excluding hydrogens is 290 g/mol. The van der Waals surface area contributed by atoms with Crippen LogP contribution in [0.25, 0.3) is 0 Å². The van der Waals surface area contributed by atoms with Gasteiger partial charge in [0, 0.05) is 31.6 Å². The van der Waals surface area contributed by atoms with Crippen LogP contribution in [-0.4, -0.2) is 71.8 Å². The summed E-state index contributed by atoms with van der Waals surface area (Å²) in [7, 11) is 2.18. The number of rotatable bonds is 1. The number of amides is 2. The van der Waals surface area contributed by atoms with Gasteiger partial charge in [-0.1, -0.05) is 0 Å². The van der Waals surface area contributed by atoms with Gasteiger partial charge in [-0.2, -0.15) is 0 Å². The minimum Gasteiger partial charge on any atom is -0.342 e. The van der Waals surface area contributed by atoms with Gasteiger partial charge in [0.2, 0.25) is 11.8 Å². The lowest BCUT2D eigenvalue weighted by atomic mass is 9.78. The zero-order valence-electron chi connectivity index (χ0n) is 15.1. The van der Waals surface area contributed by atoms with Gasteiger partial charge in [-0.05, 0) is 65.6 Å². The van der Waals surface area contributed by atoms with Gasteiger partial charge in [0.05, 0.1) is 5.92 Å². The molecule has 3 aliphatic rings. The summed E-state index contributed by atoms with van der Waals surface area (Å²) in [5.41, 5.74) is 0.154. The Bertz CT molecular complexity index is 489. The second-order valence-corrected chi connectivity index (χ2v) is 8.89. The van der Waals surface area contributed by atoms with Crippen molar-refractivity contribution in [1.29, 1.82) is 0 Å². The highest BCUT2D eigenvalue weighted by molar-refractivity contribution is 5.89. The van der Waals surface area contributed by atoms with E-state index in [9.17, 15) is 9.59 Å². The third-order valence-electron chi connectivity index (χ3n) is 6.08. The molecule has 3 aliphatic heterocycles. The number of carbonyl (C=O) groups excluding carboxylic acids is 2. The highest BCUT2D eigenvalue weighted by Gasteiger charge is 2.45. The van der Waals surface area contributed by atoms with Crippen molar-refractivity contribution in [3.05, 3.63) is 0 Å². The minimum absolute atomic E-state index is 0.129. The molecule has 1 spiro atoms. The summed E-state index contributed by atoms with van der Waals surface area (Å²) in [6, 6.07) is 0. The number of hydrogen-bond acceptors (Lipinski definition) is 3. The molecule has 0 saturated carbocycles. The van der Waals surface area contributed by atoms with Crippen LogP contribution < -0.4 is 0 Å². The molecule has 3 rings (SSSR count). The predicted octanol–water partition coefficient (Wildman–Crippen LogP) is 1.58. The van der Waals surface area contributed by atoms with E-state index in [1.165, 1.54) is 12.8 Å². The Balaban J connectivity index is 1.61. The molecule has 1 atom stereocenters. The van der Waals surface area contributed by atoms with Crippen LogP contribution in [0.15, 0.2) is 0 Å². The van der Waals surface area contributed by atoms with Gasteiger partial charge < -0.3 is 14.7 Å². The number of nitrogens with zero attached hydrogens (tertiary/aromatic N) is 3. The fraction of sp³-hybridized carbons (Fsp3) is 0.889. The maximum Gasteiger partial charge on any atom is 0.228 e. The van der Waals surface area contributed by atoms with Crippen LogP contribution in [0.4, 0.5) is 0 Å². The Kier molecular flexibility index (Phi) is 4.20. The zero-order valence-corrected chi connectivity index (χ0v) is 15.1. The van der Waals surface area contributed by atoms with E-state index in [4.69, 9.17) is 0 Å². The van der Waals surface area contributed by atoms with Crippen molar-refractivity contribution < 1.29 is 9.59 Å². The van der Waals surface area contributed by atoms with Gasteiger partial charge in [0.25, 0.3) is 0 Å². The minimum atomic E-state index is -0.188. The first-order chi connectivity index (χ1) is 10.7. The van der Waals surface area contributed by atoms with Crippen LogP contribution in [0.3, 0.4) is 0 Å². The topological polar surface area (TPSA) is 43.9 Å². The molecule has 5 heteroatoms. The summed E-state index contributed by atoms with van der Waals surface area (Å²) >= 11 is 0. The quantitative estimate of drug-likeness (QED) is 0.736. The van der Waals surface area contributed by atoms with E-state index < -0.39 is 0 Å². The molecule has 0 aliphatic carbocycles. The normalized spacial score (nSPS) is 28.9. The molecule has 0 N–H and O–H groups in total. The van der Waals surface area contributed by atoms with E-state index in [0.717, 1.165) is 32.6 Å². The highest BCUT2D eigenvalue weighted by atomic mass is 16.2. The van der Waals surface area contributed by atoms with Crippen molar-refractivity contribution in [2.75, 3.05) is 39.8 Å². The number of likely N-dealkylation sites (tertiary alicyclic amines) is 3. The van der Waals surface area contributed by atoms with Gasteiger partial charge in [-0.25, -0.2) is 0 Å². The number of carbonyl (C=O) groups is 2. The van der Waals surface area contributed by atoms with Gasteiger partial charge >= 0.3 is 0 Å². The lowest BCUT2D eigenvalue weighted by Crippen LogP contribution is -2.44. The monoisotopic (exact) mass is 321 g/mol. The van der Waals surface area contributed by atoms with E-state index in [-0.39, 0.29) is 23.3 Å². The van der Waals surface area contributed by atoms with E-state index >= 15 is 0 Å². The van der Waals surface area contributed by atoms with E-state index in [1.54, 1.807) is 0 Å². The van der Waals surface area contributed by atoms with Crippen molar-refractivity contribution in [1.82, 2.24) is 14.7 Å². The Labute approximate surface area is 140 Å². The maximum absolute atomic E-state index is 12.9.